The Labute approximate surface area is 146 Å². The molecule has 0 atom stereocenters. The molecule has 0 fully saturated rings. The maximum absolute atomic E-state index is 12.3. The SMILES string of the molecule is CCc1ccc(CC(=O)Nc2nc3c(C(C)C)cccc3s2)cc1. The molecule has 1 aromatic heterocycles. The summed E-state index contributed by atoms with van der Waals surface area (Å²) < 4.78 is 1.11. The van der Waals surface area contributed by atoms with Crippen LogP contribution in [0.4, 0.5) is 5.13 Å². The van der Waals surface area contributed by atoms with E-state index in [1.165, 1.54) is 22.5 Å². The van der Waals surface area contributed by atoms with Crippen LogP contribution in [0.1, 0.15) is 43.4 Å². The van der Waals surface area contributed by atoms with Gasteiger partial charge in [-0.15, -0.1) is 0 Å². The number of carbonyl (C=O) groups excluding carboxylic acids is 1. The summed E-state index contributed by atoms with van der Waals surface area (Å²) in [5.74, 6) is 0.390. The van der Waals surface area contributed by atoms with Crippen LogP contribution in [0.25, 0.3) is 10.2 Å². The molecule has 0 saturated heterocycles. The topological polar surface area (TPSA) is 42.0 Å². The van der Waals surface area contributed by atoms with Crippen molar-refractivity contribution in [2.45, 2.75) is 39.5 Å². The molecule has 24 heavy (non-hydrogen) atoms. The molecular weight excluding hydrogens is 316 g/mol. The average molecular weight is 338 g/mol. The van der Waals surface area contributed by atoms with E-state index in [9.17, 15) is 4.79 Å². The molecule has 3 nitrogen and oxygen atoms in total. The van der Waals surface area contributed by atoms with E-state index < -0.39 is 0 Å². The predicted octanol–water partition coefficient (Wildman–Crippen LogP) is 5.16. The molecule has 0 spiro atoms. The number of nitrogens with zero attached hydrogens (tertiary/aromatic N) is 1. The van der Waals surface area contributed by atoms with E-state index in [1.54, 1.807) is 0 Å². The lowest BCUT2D eigenvalue weighted by Gasteiger charge is -2.05. The van der Waals surface area contributed by atoms with Gasteiger partial charge < -0.3 is 5.32 Å². The zero-order chi connectivity index (χ0) is 17.1. The number of thiazole rings is 1. The number of anilines is 1. The Kier molecular flexibility index (Phi) is 4.95. The highest BCUT2D eigenvalue weighted by molar-refractivity contribution is 7.22. The van der Waals surface area contributed by atoms with Crippen molar-refractivity contribution in [3.05, 3.63) is 59.2 Å². The third kappa shape index (κ3) is 3.65. The number of amides is 1. The average Bonchev–Trinajstić information content (AvgIpc) is 2.97. The molecular formula is C20H22N2OS. The lowest BCUT2D eigenvalue weighted by Crippen LogP contribution is -2.14. The molecule has 0 bridgehead atoms. The number of hydrogen-bond acceptors (Lipinski definition) is 3. The predicted molar refractivity (Wildman–Crippen MR) is 102 cm³/mol. The minimum absolute atomic E-state index is 0.0237. The van der Waals surface area contributed by atoms with Crippen LogP contribution >= 0.6 is 11.3 Å². The first kappa shape index (κ1) is 16.7. The molecule has 0 radical (unpaired) electrons. The molecule has 0 unspecified atom stereocenters. The summed E-state index contributed by atoms with van der Waals surface area (Å²) in [6.45, 7) is 6.44. The Hall–Kier alpha value is -2.20. The van der Waals surface area contributed by atoms with Gasteiger partial charge in [0.1, 0.15) is 0 Å². The van der Waals surface area contributed by atoms with Crippen LogP contribution < -0.4 is 5.32 Å². The molecule has 1 N–H and O–H groups in total. The van der Waals surface area contributed by atoms with Gasteiger partial charge in [-0.3, -0.25) is 4.79 Å². The monoisotopic (exact) mass is 338 g/mol. The van der Waals surface area contributed by atoms with E-state index in [-0.39, 0.29) is 5.91 Å². The zero-order valence-electron chi connectivity index (χ0n) is 14.3. The number of hydrogen-bond donors (Lipinski definition) is 1. The first-order valence-corrected chi connectivity index (χ1v) is 9.15. The first-order valence-electron chi connectivity index (χ1n) is 8.34. The number of benzene rings is 2. The smallest absolute Gasteiger partial charge is 0.230 e. The van der Waals surface area contributed by atoms with Gasteiger partial charge in [-0.25, -0.2) is 4.98 Å². The number of aryl methyl sites for hydroxylation is 1. The second-order valence-corrected chi connectivity index (χ2v) is 7.29. The molecule has 124 valence electrons. The Balaban J connectivity index is 1.74. The molecule has 0 saturated carbocycles. The van der Waals surface area contributed by atoms with E-state index in [1.807, 2.05) is 12.1 Å². The highest BCUT2D eigenvalue weighted by Gasteiger charge is 2.12. The van der Waals surface area contributed by atoms with Crippen molar-refractivity contribution in [2.24, 2.45) is 0 Å². The Bertz CT molecular complexity index is 850. The number of rotatable bonds is 5. The fraction of sp³-hybridized carbons (Fsp3) is 0.300. The van der Waals surface area contributed by atoms with Crippen molar-refractivity contribution in [1.29, 1.82) is 0 Å². The quantitative estimate of drug-likeness (QED) is 0.698. The molecule has 0 aliphatic rings. The first-order chi connectivity index (χ1) is 11.6. The number of nitrogens with one attached hydrogen (secondary N) is 1. The van der Waals surface area contributed by atoms with Gasteiger partial charge in [0.05, 0.1) is 16.6 Å². The Morgan fingerprint density at radius 3 is 2.50 bits per heavy atom. The van der Waals surface area contributed by atoms with Crippen LogP contribution in [-0.4, -0.2) is 10.9 Å². The van der Waals surface area contributed by atoms with Gasteiger partial charge in [0, 0.05) is 0 Å². The van der Waals surface area contributed by atoms with Crippen LogP contribution in [0, 0.1) is 0 Å². The molecule has 4 heteroatoms. The minimum Gasteiger partial charge on any atom is -0.302 e. The summed E-state index contributed by atoms with van der Waals surface area (Å²) in [6.07, 6.45) is 1.38. The number of carbonyl (C=O) groups is 1. The van der Waals surface area contributed by atoms with E-state index in [0.29, 0.717) is 17.5 Å². The van der Waals surface area contributed by atoms with Crippen molar-refractivity contribution in [1.82, 2.24) is 4.98 Å². The van der Waals surface area contributed by atoms with Gasteiger partial charge in [0.15, 0.2) is 5.13 Å². The highest BCUT2D eigenvalue weighted by atomic mass is 32.1. The highest BCUT2D eigenvalue weighted by Crippen LogP contribution is 2.31. The van der Waals surface area contributed by atoms with Gasteiger partial charge in [0.2, 0.25) is 5.91 Å². The normalized spacial score (nSPS) is 11.2. The van der Waals surface area contributed by atoms with Gasteiger partial charge in [-0.05, 0) is 35.1 Å². The van der Waals surface area contributed by atoms with Crippen LogP contribution in [0.3, 0.4) is 0 Å². The number of fused-ring (bicyclic) bond motifs is 1. The second-order valence-electron chi connectivity index (χ2n) is 6.26. The third-order valence-corrected chi connectivity index (χ3v) is 5.05. The lowest BCUT2D eigenvalue weighted by atomic mass is 10.0. The maximum Gasteiger partial charge on any atom is 0.230 e. The van der Waals surface area contributed by atoms with Crippen molar-refractivity contribution in [3.8, 4) is 0 Å². The maximum atomic E-state index is 12.3. The van der Waals surface area contributed by atoms with E-state index in [0.717, 1.165) is 22.2 Å². The fourth-order valence-corrected chi connectivity index (χ4v) is 3.65. The standard InChI is InChI=1S/C20H22N2OS/c1-4-14-8-10-15(11-9-14)12-18(23)21-20-22-19-16(13(2)3)6-5-7-17(19)24-20/h5-11,13H,4,12H2,1-3H3,(H,21,22,23). The molecule has 1 heterocycles. The molecule has 0 aliphatic carbocycles. The van der Waals surface area contributed by atoms with Crippen LogP contribution in [0.5, 0.6) is 0 Å². The van der Waals surface area contributed by atoms with Crippen molar-refractivity contribution >= 4 is 32.6 Å². The summed E-state index contributed by atoms with van der Waals surface area (Å²) >= 11 is 1.53. The van der Waals surface area contributed by atoms with Crippen LogP contribution in [-0.2, 0) is 17.6 Å². The van der Waals surface area contributed by atoms with Crippen LogP contribution in [0.2, 0.25) is 0 Å². The molecule has 0 aliphatic heterocycles. The van der Waals surface area contributed by atoms with Crippen molar-refractivity contribution in [3.63, 3.8) is 0 Å². The summed E-state index contributed by atoms with van der Waals surface area (Å²) in [6, 6.07) is 14.4. The van der Waals surface area contributed by atoms with Gasteiger partial charge in [0.25, 0.3) is 0 Å². The zero-order valence-corrected chi connectivity index (χ0v) is 15.1. The van der Waals surface area contributed by atoms with E-state index in [2.05, 4.69) is 61.4 Å². The van der Waals surface area contributed by atoms with Gasteiger partial charge in [-0.2, -0.15) is 0 Å². The number of aromatic nitrogens is 1. The van der Waals surface area contributed by atoms with E-state index >= 15 is 0 Å². The summed E-state index contributed by atoms with van der Waals surface area (Å²) in [7, 11) is 0. The summed E-state index contributed by atoms with van der Waals surface area (Å²) in [5.41, 5.74) is 4.53. The summed E-state index contributed by atoms with van der Waals surface area (Å²) in [5, 5.41) is 3.62. The second kappa shape index (κ2) is 7.14. The molecule has 3 aromatic rings. The molecule has 1 amide bonds. The van der Waals surface area contributed by atoms with Gasteiger partial charge >= 0.3 is 0 Å². The fourth-order valence-electron chi connectivity index (χ4n) is 2.73. The van der Waals surface area contributed by atoms with E-state index in [4.69, 9.17) is 0 Å². The van der Waals surface area contributed by atoms with Gasteiger partial charge in [-0.1, -0.05) is 68.5 Å². The molecule has 3 rings (SSSR count). The largest absolute Gasteiger partial charge is 0.302 e. The van der Waals surface area contributed by atoms with Crippen molar-refractivity contribution in [2.75, 3.05) is 5.32 Å². The number of para-hydroxylation sites is 1. The Morgan fingerprint density at radius 1 is 1.12 bits per heavy atom. The lowest BCUT2D eigenvalue weighted by molar-refractivity contribution is -0.115. The van der Waals surface area contributed by atoms with Crippen LogP contribution in [0.15, 0.2) is 42.5 Å². The molecule has 2 aromatic carbocycles. The minimum atomic E-state index is -0.0237. The Morgan fingerprint density at radius 2 is 1.83 bits per heavy atom. The van der Waals surface area contributed by atoms with Crippen molar-refractivity contribution < 1.29 is 4.79 Å². The summed E-state index contributed by atoms with van der Waals surface area (Å²) in [4.78, 5) is 16.9. The third-order valence-electron chi connectivity index (χ3n) is 4.11.